The van der Waals surface area contributed by atoms with Crippen LogP contribution in [0.2, 0.25) is 0 Å². The zero-order valence-corrected chi connectivity index (χ0v) is 12.5. The van der Waals surface area contributed by atoms with E-state index in [-0.39, 0.29) is 5.41 Å². The zero-order chi connectivity index (χ0) is 13.5. The fourth-order valence-electron chi connectivity index (χ4n) is 2.30. The van der Waals surface area contributed by atoms with Crippen LogP contribution in [0.4, 0.5) is 0 Å². The SMILES string of the molecule is Cc1cccc(C)c1-n1c(C(C)(C)C)c[nH]c1=S. The second-order valence-corrected chi connectivity index (χ2v) is 6.19. The third-order valence-corrected chi connectivity index (χ3v) is 3.51. The maximum absolute atomic E-state index is 5.45. The van der Waals surface area contributed by atoms with Gasteiger partial charge in [-0.25, -0.2) is 0 Å². The Kier molecular flexibility index (Phi) is 3.20. The molecule has 0 unspecified atom stereocenters. The first-order valence-electron chi connectivity index (χ1n) is 6.20. The summed E-state index contributed by atoms with van der Waals surface area (Å²) in [5.74, 6) is 0. The molecule has 2 rings (SSSR count). The Morgan fingerprint density at radius 1 is 1.11 bits per heavy atom. The number of H-pyrrole nitrogens is 1. The Bertz CT molecular complexity index is 606. The van der Waals surface area contributed by atoms with Gasteiger partial charge in [-0.2, -0.15) is 0 Å². The Morgan fingerprint density at radius 3 is 2.17 bits per heavy atom. The molecule has 0 spiro atoms. The van der Waals surface area contributed by atoms with Gasteiger partial charge in [0, 0.05) is 17.3 Å². The first-order valence-corrected chi connectivity index (χ1v) is 6.60. The van der Waals surface area contributed by atoms with E-state index in [1.807, 2.05) is 6.20 Å². The molecule has 0 atom stereocenters. The summed E-state index contributed by atoms with van der Waals surface area (Å²) < 4.78 is 2.93. The summed E-state index contributed by atoms with van der Waals surface area (Å²) in [6, 6.07) is 6.34. The molecule has 1 aromatic heterocycles. The summed E-state index contributed by atoms with van der Waals surface area (Å²) in [6.45, 7) is 10.9. The van der Waals surface area contributed by atoms with E-state index >= 15 is 0 Å². The van der Waals surface area contributed by atoms with Crippen LogP contribution in [-0.2, 0) is 5.41 Å². The molecule has 0 saturated carbocycles. The second kappa shape index (κ2) is 4.39. The Hall–Kier alpha value is -1.35. The molecular formula is C15H20N2S. The average Bonchev–Trinajstić information content (AvgIpc) is 2.60. The van der Waals surface area contributed by atoms with Gasteiger partial charge in [0.2, 0.25) is 0 Å². The van der Waals surface area contributed by atoms with E-state index in [0.717, 1.165) is 4.77 Å². The smallest absolute Gasteiger partial charge is 0.182 e. The molecular weight excluding hydrogens is 240 g/mol. The molecule has 18 heavy (non-hydrogen) atoms. The van der Waals surface area contributed by atoms with Crippen molar-refractivity contribution in [3.63, 3.8) is 0 Å². The lowest BCUT2D eigenvalue weighted by Crippen LogP contribution is -2.17. The van der Waals surface area contributed by atoms with Crippen LogP contribution in [-0.4, -0.2) is 9.55 Å². The highest BCUT2D eigenvalue weighted by molar-refractivity contribution is 7.71. The predicted octanol–water partition coefficient (Wildman–Crippen LogP) is 4.45. The van der Waals surface area contributed by atoms with Gasteiger partial charge < -0.3 is 4.98 Å². The van der Waals surface area contributed by atoms with Crippen molar-refractivity contribution in [1.29, 1.82) is 0 Å². The van der Waals surface area contributed by atoms with Gasteiger partial charge >= 0.3 is 0 Å². The number of imidazole rings is 1. The van der Waals surface area contributed by atoms with Gasteiger partial charge in [0.05, 0.1) is 5.69 Å². The number of hydrogen-bond donors (Lipinski definition) is 1. The topological polar surface area (TPSA) is 20.7 Å². The van der Waals surface area contributed by atoms with Crippen molar-refractivity contribution in [1.82, 2.24) is 9.55 Å². The van der Waals surface area contributed by atoms with Crippen molar-refractivity contribution in [2.24, 2.45) is 0 Å². The average molecular weight is 260 g/mol. The molecule has 96 valence electrons. The summed E-state index contributed by atoms with van der Waals surface area (Å²) in [5.41, 5.74) is 4.97. The number of nitrogens with one attached hydrogen (secondary N) is 1. The van der Waals surface area contributed by atoms with Crippen molar-refractivity contribution in [2.75, 3.05) is 0 Å². The molecule has 1 heterocycles. The summed E-state index contributed by atoms with van der Waals surface area (Å²) in [4.78, 5) is 3.17. The molecule has 0 aliphatic carbocycles. The maximum Gasteiger partial charge on any atom is 0.182 e. The van der Waals surface area contributed by atoms with Crippen molar-refractivity contribution in [3.8, 4) is 5.69 Å². The summed E-state index contributed by atoms with van der Waals surface area (Å²) in [5, 5.41) is 0. The van der Waals surface area contributed by atoms with Gasteiger partial charge in [-0.15, -0.1) is 0 Å². The predicted molar refractivity (Wildman–Crippen MR) is 79.1 cm³/mol. The lowest BCUT2D eigenvalue weighted by molar-refractivity contribution is 0.555. The highest BCUT2D eigenvalue weighted by atomic mass is 32.1. The van der Waals surface area contributed by atoms with E-state index in [1.54, 1.807) is 0 Å². The first kappa shape index (κ1) is 13.1. The van der Waals surface area contributed by atoms with Gasteiger partial charge in [-0.05, 0) is 37.2 Å². The summed E-state index contributed by atoms with van der Waals surface area (Å²) in [6.07, 6.45) is 2.02. The van der Waals surface area contributed by atoms with Crippen LogP contribution in [0.3, 0.4) is 0 Å². The van der Waals surface area contributed by atoms with Gasteiger partial charge in [-0.1, -0.05) is 39.0 Å². The monoisotopic (exact) mass is 260 g/mol. The molecule has 1 N–H and O–H groups in total. The fourth-order valence-corrected chi connectivity index (χ4v) is 2.55. The molecule has 3 heteroatoms. The van der Waals surface area contributed by atoms with Crippen LogP contribution in [0.15, 0.2) is 24.4 Å². The zero-order valence-electron chi connectivity index (χ0n) is 11.7. The Balaban J connectivity index is 2.80. The maximum atomic E-state index is 5.45. The van der Waals surface area contributed by atoms with Gasteiger partial charge in [0.15, 0.2) is 4.77 Å². The van der Waals surface area contributed by atoms with Crippen LogP contribution < -0.4 is 0 Å². The minimum atomic E-state index is 0.0578. The van der Waals surface area contributed by atoms with Crippen molar-refractivity contribution >= 4 is 12.2 Å². The largest absolute Gasteiger partial charge is 0.337 e. The minimum Gasteiger partial charge on any atom is -0.337 e. The molecule has 2 nitrogen and oxygen atoms in total. The minimum absolute atomic E-state index is 0.0578. The van der Waals surface area contributed by atoms with Crippen LogP contribution in [0.5, 0.6) is 0 Å². The number of aryl methyl sites for hydroxylation is 2. The number of hydrogen-bond acceptors (Lipinski definition) is 1. The molecule has 0 saturated heterocycles. The highest BCUT2D eigenvalue weighted by Gasteiger charge is 2.21. The van der Waals surface area contributed by atoms with E-state index in [2.05, 4.69) is 62.4 Å². The molecule has 0 bridgehead atoms. The molecule has 0 fully saturated rings. The Labute approximate surface area is 114 Å². The summed E-state index contributed by atoms with van der Waals surface area (Å²) >= 11 is 5.45. The van der Waals surface area contributed by atoms with Crippen molar-refractivity contribution in [2.45, 2.75) is 40.0 Å². The molecule has 0 amide bonds. The van der Waals surface area contributed by atoms with Gasteiger partial charge in [0.25, 0.3) is 0 Å². The van der Waals surface area contributed by atoms with E-state index in [9.17, 15) is 0 Å². The first-order chi connectivity index (χ1) is 8.32. The highest BCUT2D eigenvalue weighted by Crippen LogP contribution is 2.28. The third kappa shape index (κ3) is 2.15. The lowest BCUT2D eigenvalue weighted by atomic mass is 9.92. The van der Waals surface area contributed by atoms with E-state index < -0.39 is 0 Å². The van der Waals surface area contributed by atoms with Crippen LogP contribution in [0.25, 0.3) is 5.69 Å². The number of rotatable bonds is 1. The molecule has 2 aromatic rings. The molecule has 1 aromatic carbocycles. The molecule has 0 aliphatic rings. The summed E-state index contributed by atoms with van der Waals surface area (Å²) in [7, 11) is 0. The molecule has 0 aliphatic heterocycles. The van der Waals surface area contributed by atoms with Crippen molar-refractivity contribution in [3.05, 3.63) is 46.0 Å². The normalized spacial score (nSPS) is 11.8. The van der Waals surface area contributed by atoms with Crippen LogP contribution in [0.1, 0.15) is 37.6 Å². The fraction of sp³-hybridized carbons (Fsp3) is 0.400. The van der Waals surface area contributed by atoms with E-state index in [0.29, 0.717) is 0 Å². The van der Waals surface area contributed by atoms with Gasteiger partial charge in [-0.3, -0.25) is 4.57 Å². The quantitative estimate of drug-likeness (QED) is 0.751. The van der Waals surface area contributed by atoms with Crippen molar-refractivity contribution < 1.29 is 0 Å². The third-order valence-electron chi connectivity index (χ3n) is 3.21. The van der Waals surface area contributed by atoms with Crippen LogP contribution >= 0.6 is 12.2 Å². The standard InChI is InChI=1S/C15H20N2S/c1-10-7-6-8-11(2)13(10)17-12(15(3,4)5)9-16-14(17)18/h6-9H,1-5H3,(H,16,18). The van der Waals surface area contributed by atoms with E-state index in [4.69, 9.17) is 12.2 Å². The number of aromatic nitrogens is 2. The Morgan fingerprint density at radius 2 is 1.67 bits per heavy atom. The number of aromatic amines is 1. The number of nitrogens with zero attached hydrogens (tertiary/aromatic N) is 1. The lowest BCUT2D eigenvalue weighted by Gasteiger charge is -2.22. The second-order valence-electron chi connectivity index (χ2n) is 5.80. The molecule has 0 radical (unpaired) electrons. The number of para-hydroxylation sites is 1. The van der Waals surface area contributed by atoms with Crippen LogP contribution in [0, 0.1) is 18.6 Å². The van der Waals surface area contributed by atoms with E-state index in [1.165, 1.54) is 22.5 Å². The van der Waals surface area contributed by atoms with Gasteiger partial charge in [0.1, 0.15) is 0 Å². The number of benzene rings is 1.